The summed E-state index contributed by atoms with van der Waals surface area (Å²) < 4.78 is 13.0. The van der Waals surface area contributed by atoms with Crippen LogP contribution in [0.2, 0.25) is 5.15 Å². The van der Waals surface area contributed by atoms with Gasteiger partial charge in [0.2, 0.25) is 0 Å². The van der Waals surface area contributed by atoms with Gasteiger partial charge in [0.15, 0.2) is 11.0 Å². The molecule has 3 nitrogen and oxygen atoms in total. The highest BCUT2D eigenvalue weighted by molar-refractivity contribution is 6.34. The largest absolute Gasteiger partial charge is 0.351 e. The number of hydrogen-bond acceptors (Lipinski definition) is 2. The molecule has 4 aromatic rings. The fraction of sp³-hybridized carbons (Fsp3) is 0. The van der Waals surface area contributed by atoms with Gasteiger partial charge in [-0.2, -0.15) is 0 Å². The molecule has 2 aromatic heterocycles. The lowest BCUT2D eigenvalue weighted by Crippen LogP contribution is -1.91. The second kappa shape index (κ2) is 4.53. The first-order chi connectivity index (χ1) is 10.2. The van der Waals surface area contributed by atoms with Gasteiger partial charge in [0.25, 0.3) is 0 Å². The van der Waals surface area contributed by atoms with Crippen molar-refractivity contribution in [1.82, 2.24) is 15.0 Å². The van der Waals surface area contributed by atoms with E-state index in [0.29, 0.717) is 16.5 Å². The molecule has 0 aliphatic carbocycles. The monoisotopic (exact) mass is 297 g/mol. The van der Waals surface area contributed by atoms with Crippen molar-refractivity contribution in [1.29, 1.82) is 0 Å². The topological polar surface area (TPSA) is 41.6 Å². The van der Waals surface area contributed by atoms with Crippen molar-refractivity contribution < 1.29 is 4.39 Å². The predicted octanol–water partition coefficient (Wildman–Crippen LogP) is 4.57. The fourth-order valence-corrected chi connectivity index (χ4v) is 2.62. The number of hydrogen-bond donors (Lipinski definition) is 1. The standard InChI is InChI=1S/C16H9ClFN3/c17-15-14-13(11-3-1-2-4-12(11)19-14)20-16(21-15)9-5-7-10(18)8-6-9/h1-8,19H. The molecule has 0 saturated carbocycles. The number of fused-ring (bicyclic) bond motifs is 3. The van der Waals surface area contributed by atoms with E-state index < -0.39 is 0 Å². The second-order valence-corrected chi connectivity index (χ2v) is 5.10. The quantitative estimate of drug-likeness (QED) is 0.523. The number of benzene rings is 2. The highest BCUT2D eigenvalue weighted by atomic mass is 35.5. The maximum atomic E-state index is 13.0. The summed E-state index contributed by atoms with van der Waals surface area (Å²) in [6, 6.07) is 13.9. The Labute approximate surface area is 124 Å². The van der Waals surface area contributed by atoms with Crippen LogP contribution in [0.4, 0.5) is 4.39 Å². The average Bonchev–Trinajstić information content (AvgIpc) is 2.87. The molecule has 0 fully saturated rings. The Balaban J connectivity index is 2.03. The summed E-state index contributed by atoms with van der Waals surface area (Å²) in [6.45, 7) is 0. The van der Waals surface area contributed by atoms with E-state index in [0.717, 1.165) is 22.0 Å². The van der Waals surface area contributed by atoms with Gasteiger partial charge in [-0.1, -0.05) is 29.8 Å². The van der Waals surface area contributed by atoms with Gasteiger partial charge < -0.3 is 4.98 Å². The Hall–Kier alpha value is -2.46. The summed E-state index contributed by atoms with van der Waals surface area (Å²) in [5.41, 5.74) is 3.17. The van der Waals surface area contributed by atoms with Crippen LogP contribution in [0, 0.1) is 5.82 Å². The SMILES string of the molecule is Fc1ccc(-c2nc(Cl)c3[nH]c4ccccc4c3n2)cc1. The number of halogens is 2. The van der Waals surface area contributed by atoms with Gasteiger partial charge in [0.1, 0.15) is 16.9 Å². The number of rotatable bonds is 1. The van der Waals surface area contributed by atoms with Crippen LogP contribution < -0.4 is 0 Å². The van der Waals surface area contributed by atoms with Crippen LogP contribution in [0.25, 0.3) is 33.3 Å². The van der Waals surface area contributed by atoms with Crippen molar-refractivity contribution in [2.24, 2.45) is 0 Å². The zero-order chi connectivity index (χ0) is 14.4. The number of nitrogens with zero attached hydrogens (tertiary/aromatic N) is 2. The smallest absolute Gasteiger partial charge is 0.161 e. The first-order valence-corrected chi connectivity index (χ1v) is 6.80. The molecule has 2 heterocycles. The van der Waals surface area contributed by atoms with E-state index in [2.05, 4.69) is 15.0 Å². The minimum atomic E-state index is -0.294. The summed E-state index contributed by atoms with van der Waals surface area (Å²) in [4.78, 5) is 12.1. The molecule has 21 heavy (non-hydrogen) atoms. The van der Waals surface area contributed by atoms with Crippen molar-refractivity contribution in [2.75, 3.05) is 0 Å². The molecule has 0 spiro atoms. The number of para-hydroxylation sites is 1. The lowest BCUT2D eigenvalue weighted by molar-refractivity contribution is 0.628. The summed E-state index contributed by atoms with van der Waals surface area (Å²) in [5.74, 6) is 0.190. The van der Waals surface area contributed by atoms with Crippen molar-refractivity contribution in [3.05, 3.63) is 59.5 Å². The zero-order valence-corrected chi connectivity index (χ0v) is 11.5. The zero-order valence-electron chi connectivity index (χ0n) is 10.8. The average molecular weight is 298 g/mol. The molecule has 4 rings (SSSR count). The molecule has 2 aromatic carbocycles. The number of aromatic nitrogens is 3. The van der Waals surface area contributed by atoms with Crippen molar-refractivity contribution in [3.63, 3.8) is 0 Å². The van der Waals surface area contributed by atoms with Gasteiger partial charge in [-0.15, -0.1) is 0 Å². The Morgan fingerprint density at radius 3 is 2.52 bits per heavy atom. The molecule has 0 amide bonds. The molecule has 5 heteroatoms. The third-order valence-corrected chi connectivity index (χ3v) is 3.68. The van der Waals surface area contributed by atoms with Crippen LogP contribution in [0.3, 0.4) is 0 Å². The normalized spacial score (nSPS) is 11.3. The van der Waals surface area contributed by atoms with Crippen LogP contribution in [0.1, 0.15) is 0 Å². The highest BCUT2D eigenvalue weighted by Crippen LogP contribution is 2.30. The third-order valence-electron chi connectivity index (χ3n) is 3.41. The summed E-state index contributed by atoms with van der Waals surface area (Å²) in [7, 11) is 0. The van der Waals surface area contributed by atoms with E-state index in [1.807, 2.05) is 24.3 Å². The van der Waals surface area contributed by atoms with Crippen LogP contribution in [0.5, 0.6) is 0 Å². The lowest BCUT2D eigenvalue weighted by Gasteiger charge is -2.02. The van der Waals surface area contributed by atoms with Gasteiger partial charge in [-0.25, -0.2) is 14.4 Å². The third kappa shape index (κ3) is 1.96. The van der Waals surface area contributed by atoms with E-state index in [1.165, 1.54) is 12.1 Å². The Kier molecular flexibility index (Phi) is 2.65. The van der Waals surface area contributed by atoms with Gasteiger partial charge in [0.05, 0.1) is 0 Å². The van der Waals surface area contributed by atoms with Crippen molar-refractivity contribution in [3.8, 4) is 11.4 Å². The fourth-order valence-electron chi connectivity index (χ4n) is 2.40. The molecule has 0 atom stereocenters. The molecule has 0 bridgehead atoms. The first-order valence-electron chi connectivity index (χ1n) is 6.42. The van der Waals surface area contributed by atoms with Crippen LogP contribution >= 0.6 is 11.6 Å². The maximum absolute atomic E-state index is 13.0. The molecule has 102 valence electrons. The van der Waals surface area contributed by atoms with Crippen molar-refractivity contribution in [2.45, 2.75) is 0 Å². The summed E-state index contributed by atoms with van der Waals surface area (Å²) >= 11 is 6.26. The molecular weight excluding hydrogens is 289 g/mol. The van der Waals surface area contributed by atoms with Crippen LogP contribution in [-0.2, 0) is 0 Å². The molecule has 0 radical (unpaired) electrons. The molecular formula is C16H9ClFN3. The number of nitrogens with one attached hydrogen (secondary N) is 1. The molecule has 0 aliphatic rings. The lowest BCUT2D eigenvalue weighted by atomic mass is 10.2. The maximum Gasteiger partial charge on any atom is 0.161 e. The second-order valence-electron chi connectivity index (χ2n) is 4.74. The minimum absolute atomic E-state index is 0.294. The molecule has 1 N–H and O–H groups in total. The number of H-pyrrole nitrogens is 1. The van der Waals surface area contributed by atoms with Gasteiger partial charge in [0, 0.05) is 16.5 Å². The van der Waals surface area contributed by atoms with Gasteiger partial charge in [-0.05, 0) is 30.3 Å². The molecule has 0 aliphatic heterocycles. The van der Waals surface area contributed by atoms with E-state index in [-0.39, 0.29) is 5.82 Å². The van der Waals surface area contributed by atoms with Crippen LogP contribution in [0.15, 0.2) is 48.5 Å². The Morgan fingerprint density at radius 1 is 0.952 bits per heavy atom. The highest BCUT2D eigenvalue weighted by Gasteiger charge is 2.12. The Morgan fingerprint density at radius 2 is 1.71 bits per heavy atom. The minimum Gasteiger partial charge on any atom is -0.351 e. The van der Waals surface area contributed by atoms with Gasteiger partial charge >= 0.3 is 0 Å². The predicted molar refractivity (Wildman–Crippen MR) is 81.8 cm³/mol. The van der Waals surface area contributed by atoms with E-state index in [4.69, 9.17) is 11.6 Å². The summed E-state index contributed by atoms with van der Waals surface area (Å²) in [6.07, 6.45) is 0. The van der Waals surface area contributed by atoms with Crippen LogP contribution in [-0.4, -0.2) is 15.0 Å². The van der Waals surface area contributed by atoms with E-state index >= 15 is 0 Å². The summed E-state index contributed by atoms with van der Waals surface area (Å²) in [5, 5.41) is 1.34. The van der Waals surface area contributed by atoms with Gasteiger partial charge in [-0.3, -0.25) is 0 Å². The van der Waals surface area contributed by atoms with E-state index in [9.17, 15) is 4.39 Å². The first kappa shape index (κ1) is 12.3. The molecule has 0 unspecified atom stereocenters. The van der Waals surface area contributed by atoms with Crippen molar-refractivity contribution >= 4 is 33.5 Å². The number of aromatic amines is 1. The molecule has 0 saturated heterocycles. The van der Waals surface area contributed by atoms with E-state index in [1.54, 1.807) is 12.1 Å². The Bertz CT molecular complexity index is 961.